The highest BCUT2D eigenvalue weighted by atomic mass is 19.1. The van der Waals surface area contributed by atoms with Gasteiger partial charge in [0.15, 0.2) is 0 Å². The summed E-state index contributed by atoms with van der Waals surface area (Å²) in [5.41, 5.74) is 1.94. The molecule has 0 saturated heterocycles. The quantitative estimate of drug-likeness (QED) is 0.490. The Morgan fingerprint density at radius 3 is 2.71 bits per heavy atom. The third-order valence-electron chi connectivity index (χ3n) is 5.15. The summed E-state index contributed by atoms with van der Waals surface area (Å²) in [7, 11) is 1.34. The fourth-order valence-electron chi connectivity index (χ4n) is 3.78. The van der Waals surface area contributed by atoms with E-state index in [0.717, 1.165) is 5.69 Å². The Morgan fingerprint density at radius 1 is 1.17 bits per heavy atom. The Labute approximate surface area is 202 Å². The summed E-state index contributed by atoms with van der Waals surface area (Å²) in [6, 6.07) is 11.3. The topological polar surface area (TPSA) is 88.0 Å². The number of hydrogen-bond acceptors (Lipinski definition) is 6. The summed E-state index contributed by atoms with van der Waals surface area (Å²) in [6.07, 6.45) is 1.04. The van der Waals surface area contributed by atoms with Crippen LogP contribution in [-0.2, 0) is 22.6 Å². The number of hydrogen-bond donors (Lipinski definition) is 1. The zero-order chi connectivity index (χ0) is 25.2. The lowest BCUT2D eigenvalue weighted by Crippen LogP contribution is -2.27. The van der Waals surface area contributed by atoms with Crippen LogP contribution in [0.15, 0.2) is 48.7 Å². The van der Waals surface area contributed by atoms with Crippen molar-refractivity contribution in [1.29, 1.82) is 0 Å². The zero-order valence-electron chi connectivity index (χ0n) is 20.0. The van der Waals surface area contributed by atoms with Crippen molar-refractivity contribution in [2.75, 3.05) is 19.0 Å². The normalized spacial score (nSPS) is 12.5. The smallest absolute Gasteiger partial charge is 0.412 e. The number of carbonyl (C=O) groups is 2. The number of esters is 1. The number of carbonyl (C=O) groups excluding carboxylic acids is 2. The van der Waals surface area contributed by atoms with E-state index in [0.29, 0.717) is 41.3 Å². The number of anilines is 1. The molecule has 0 aliphatic carbocycles. The predicted molar refractivity (Wildman–Crippen MR) is 127 cm³/mol. The summed E-state index contributed by atoms with van der Waals surface area (Å²) in [5.74, 6) is 0.161. The molecule has 1 aromatic heterocycles. The number of aromatic nitrogens is 1. The van der Waals surface area contributed by atoms with Gasteiger partial charge in [-0.15, -0.1) is 0 Å². The van der Waals surface area contributed by atoms with E-state index < -0.39 is 23.5 Å². The second-order valence-corrected chi connectivity index (χ2v) is 9.04. The molecule has 0 saturated carbocycles. The minimum absolute atomic E-state index is 0.0295. The Hall–Kier alpha value is -4.01. The summed E-state index contributed by atoms with van der Waals surface area (Å²) in [6.45, 7) is 6.23. The van der Waals surface area contributed by atoms with Gasteiger partial charge in [0.05, 0.1) is 30.5 Å². The molecule has 2 heterocycles. The maximum Gasteiger partial charge on any atom is 0.412 e. The number of nitrogens with zero attached hydrogens (tertiary/aromatic N) is 1. The third kappa shape index (κ3) is 5.74. The molecule has 2 aromatic carbocycles. The van der Waals surface area contributed by atoms with Gasteiger partial charge in [0.2, 0.25) is 0 Å². The van der Waals surface area contributed by atoms with Crippen LogP contribution in [0.3, 0.4) is 0 Å². The highest BCUT2D eigenvalue weighted by Crippen LogP contribution is 2.41. The van der Waals surface area contributed by atoms with E-state index in [1.54, 1.807) is 51.2 Å². The second-order valence-electron chi connectivity index (χ2n) is 9.04. The Kier molecular flexibility index (Phi) is 6.68. The van der Waals surface area contributed by atoms with Crippen LogP contribution in [0, 0.1) is 5.82 Å². The van der Waals surface area contributed by atoms with Gasteiger partial charge in [0.1, 0.15) is 36.1 Å². The van der Waals surface area contributed by atoms with Gasteiger partial charge in [0, 0.05) is 11.9 Å². The summed E-state index contributed by atoms with van der Waals surface area (Å²) in [5, 5.41) is 2.54. The molecule has 9 heteroatoms. The monoisotopic (exact) mass is 482 g/mol. The molecular weight excluding hydrogens is 455 g/mol. The lowest BCUT2D eigenvalue weighted by atomic mass is 10.1. The number of amides is 1. The number of fused-ring (bicyclic) bond motifs is 3. The Morgan fingerprint density at radius 2 is 1.97 bits per heavy atom. The van der Waals surface area contributed by atoms with Crippen LogP contribution < -0.4 is 14.8 Å². The van der Waals surface area contributed by atoms with Crippen LogP contribution in [0.1, 0.15) is 36.7 Å². The Bertz CT molecular complexity index is 1260. The van der Waals surface area contributed by atoms with Gasteiger partial charge in [0.25, 0.3) is 0 Å². The summed E-state index contributed by atoms with van der Waals surface area (Å²) in [4.78, 5) is 24.1. The van der Waals surface area contributed by atoms with Crippen molar-refractivity contribution < 1.29 is 32.9 Å². The van der Waals surface area contributed by atoms with Crippen molar-refractivity contribution in [3.63, 3.8) is 0 Å². The van der Waals surface area contributed by atoms with Crippen LogP contribution in [0.5, 0.6) is 11.5 Å². The lowest BCUT2D eigenvalue weighted by Gasteiger charge is -2.20. The number of rotatable bonds is 5. The molecule has 1 amide bonds. The average molecular weight is 483 g/mol. The lowest BCUT2D eigenvalue weighted by molar-refractivity contribution is 0.0598. The maximum absolute atomic E-state index is 14.3. The first-order valence-electron chi connectivity index (χ1n) is 11.1. The summed E-state index contributed by atoms with van der Waals surface area (Å²) < 4.78 is 38.2. The largest absolute Gasteiger partial charge is 0.491 e. The second kappa shape index (κ2) is 9.69. The predicted octanol–water partition coefficient (Wildman–Crippen LogP) is 5.40. The molecule has 1 aliphatic heterocycles. The van der Waals surface area contributed by atoms with Gasteiger partial charge < -0.3 is 23.5 Å². The highest BCUT2D eigenvalue weighted by molar-refractivity contribution is 5.92. The van der Waals surface area contributed by atoms with Crippen LogP contribution in [0.25, 0.3) is 11.3 Å². The molecule has 0 spiro atoms. The van der Waals surface area contributed by atoms with E-state index in [-0.39, 0.29) is 12.3 Å². The van der Waals surface area contributed by atoms with Crippen molar-refractivity contribution >= 4 is 17.7 Å². The highest BCUT2D eigenvalue weighted by Gasteiger charge is 2.23. The fraction of sp³-hybridized carbons (Fsp3) is 0.308. The third-order valence-corrected chi connectivity index (χ3v) is 5.15. The number of ether oxygens (including phenoxy) is 4. The van der Waals surface area contributed by atoms with Gasteiger partial charge in [-0.05, 0) is 62.7 Å². The van der Waals surface area contributed by atoms with E-state index in [9.17, 15) is 14.0 Å². The standard InChI is InChI=1S/C26H27FN2O6/c1-26(2,3)35-25(31)28-19-11-16(10-18(27)13-19)15-34-22-7-5-6-21-23(22)20-12-17(24(30)32-4)14-29(20)8-9-33-21/h5-7,10-14H,8-9,15H2,1-4H3,(H,28,31). The molecule has 1 aliphatic rings. The molecule has 0 atom stereocenters. The molecule has 1 N–H and O–H groups in total. The van der Waals surface area contributed by atoms with Crippen LogP contribution in [0.4, 0.5) is 14.9 Å². The van der Waals surface area contributed by atoms with E-state index in [2.05, 4.69) is 5.32 Å². The molecule has 0 fully saturated rings. The first-order valence-corrected chi connectivity index (χ1v) is 11.1. The van der Waals surface area contributed by atoms with Crippen molar-refractivity contribution in [3.05, 3.63) is 65.6 Å². The molecule has 35 heavy (non-hydrogen) atoms. The molecule has 3 aromatic rings. The van der Waals surface area contributed by atoms with Crippen molar-refractivity contribution in [1.82, 2.24) is 4.57 Å². The van der Waals surface area contributed by atoms with Crippen molar-refractivity contribution in [2.45, 2.75) is 39.5 Å². The number of methoxy groups -OCH3 is 1. The molecule has 8 nitrogen and oxygen atoms in total. The molecule has 0 bridgehead atoms. The first kappa shape index (κ1) is 24.1. The van der Waals surface area contributed by atoms with Crippen LogP contribution in [0.2, 0.25) is 0 Å². The van der Waals surface area contributed by atoms with E-state index in [1.807, 2.05) is 10.6 Å². The fourth-order valence-corrected chi connectivity index (χ4v) is 3.78. The minimum Gasteiger partial charge on any atom is -0.491 e. The van der Waals surface area contributed by atoms with Crippen molar-refractivity contribution in [3.8, 4) is 22.8 Å². The molecule has 4 rings (SSSR count). The minimum atomic E-state index is -0.679. The SMILES string of the molecule is COC(=O)c1cc2n(c1)CCOc1cccc(OCc3cc(F)cc(NC(=O)OC(C)(C)C)c3)c1-2. The molecule has 0 unspecified atom stereocenters. The van der Waals surface area contributed by atoms with E-state index in [4.69, 9.17) is 18.9 Å². The van der Waals surface area contributed by atoms with Gasteiger partial charge in [-0.25, -0.2) is 14.0 Å². The van der Waals surface area contributed by atoms with Crippen LogP contribution in [-0.4, -0.2) is 35.9 Å². The Balaban J connectivity index is 1.58. The number of halogens is 1. The van der Waals surface area contributed by atoms with Gasteiger partial charge >= 0.3 is 12.1 Å². The van der Waals surface area contributed by atoms with E-state index in [1.165, 1.54) is 19.2 Å². The number of nitrogens with one attached hydrogen (secondary N) is 1. The van der Waals surface area contributed by atoms with Gasteiger partial charge in [-0.3, -0.25) is 5.32 Å². The van der Waals surface area contributed by atoms with E-state index >= 15 is 0 Å². The van der Waals surface area contributed by atoms with Gasteiger partial charge in [-0.1, -0.05) is 6.07 Å². The van der Waals surface area contributed by atoms with Crippen LogP contribution >= 0.6 is 0 Å². The molecule has 184 valence electrons. The molecular formula is C26H27FN2O6. The van der Waals surface area contributed by atoms with Crippen molar-refractivity contribution in [2.24, 2.45) is 0 Å². The van der Waals surface area contributed by atoms with Gasteiger partial charge in [-0.2, -0.15) is 0 Å². The molecule has 0 radical (unpaired) electrons. The number of benzene rings is 2. The average Bonchev–Trinajstić information content (AvgIpc) is 3.11. The maximum atomic E-state index is 14.3. The zero-order valence-corrected chi connectivity index (χ0v) is 20.0. The summed E-state index contributed by atoms with van der Waals surface area (Å²) >= 11 is 0. The first-order chi connectivity index (χ1) is 16.6.